The number of hydrogen-bond acceptors (Lipinski definition) is 5. The first kappa shape index (κ1) is 24.0. The monoisotopic (exact) mass is 474 g/mol. The van der Waals surface area contributed by atoms with Gasteiger partial charge in [-0.05, 0) is 46.9 Å². The van der Waals surface area contributed by atoms with E-state index < -0.39 is 24.1 Å². The largest absolute Gasteiger partial charge is 0.479 e. The molecule has 35 heavy (non-hydrogen) atoms. The lowest BCUT2D eigenvalue weighted by molar-refractivity contribution is -0.146. The highest BCUT2D eigenvalue weighted by atomic mass is 16.5. The lowest BCUT2D eigenvalue weighted by Crippen LogP contribution is -2.30. The van der Waals surface area contributed by atoms with Gasteiger partial charge >= 0.3 is 12.1 Å². The average molecular weight is 475 g/mol. The Kier molecular flexibility index (Phi) is 7.12. The maximum Gasteiger partial charge on any atom is 0.411 e. The molecule has 4 N–H and O–H groups in total. The molecule has 0 radical (unpaired) electrons. The van der Waals surface area contributed by atoms with Gasteiger partial charge in [-0.2, -0.15) is 0 Å². The van der Waals surface area contributed by atoms with Crippen molar-refractivity contribution in [1.29, 1.82) is 0 Å². The first-order valence-electron chi connectivity index (χ1n) is 11.3. The Morgan fingerprint density at radius 2 is 1.57 bits per heavy atom. The van der Waals surface area contributed by atoms with E-state index in [1.54, 1.807) is 25.1 Å². The Morgan fingerprint density at radius 3 is 2.20 bits per heavy atom. The zero-order valence-electron chi connectivity index (χ0n) is 19.2. The number of carboxylic acids is 1. The minimum atomic E-state index is -1.54. The number of aliphatic hydroxyl groups excluding tert-OH is 1. The molecule has 0 saturated carbocycles. The number of rotatable bonds is 8. The number of carbonyl (C=O) groups excluding carboxylic acids is 2. The fourth-order valence-corrected chi connectivity index (χ4v) is 4.30. The van der Waals surface area contributed by atoms with Crippen LogP contribution < -0.4 is 10.6 Å². The third-order valence-electron chi connectivity index (χ3n) is 6.15. The third kappa shape index (κ3) is 5.17. The van der Waals surface area contributed by atoms with E-state index in [4.69, 9.17) is 9.84 Å². The van der Waals surface area contributed by atoms with Crippen LogP contribution in [0.2, 0.25) is 0 Å². The van der Waals surface area contributed by atoms with E-state index in [2.05, 4.69) is 22.8 Å². The van der Waals surface area contributed by atoms with Gasteiger partial charge in [0.25, 0.3) is 5.91 Å². The predicted octanol–water partition coefficient (Wildman–Crippen LogP) is 3.92. The number of carboxylic acid groups (broad SMARTS) is 1. The van der Waals surface area contributed by atoms with E-state index in [0.717, 1.165) is 22.3 Å². The molecule has 8 nitrogen and oxygen atoms in total. The van der Waals surface area contributed by atoms with Crippen molar-refractivity contribution < 1.29 is 29.3 Å². The molecule has 0 fully saturated rings. The second-order valence-electron chi connectivity index (χ2n) is 8.33. The average Bonchev–Trinajstić information content (AvgIpc) is 3.17. The number of anilines is 1. The van der Waals surface area contributed by atoms with Crippen LogP contribution in [0.15, 0.2) is 66.7 Å². The molecule has 180 valence electrons. The lowest BCUT2D eigenvalue weighted by atomic mass is 9.98. The summed E-state index contributed by atoms with van der Waals surface area (Å²) < 4.78 is 5.58. The van der Waals surface area contributed by atoms with E-state index >= 15 is 0 Å². The number of benzene rings is 3. The first-order valence-corrected chi connectivity index (χ1v) is 11.3. The molecule has 8 heteroatoms. The number of amides is 2. The van der Waals surface area contributed by atoms with Gasteiger partial charge in [0.15, 0.2) is 6.10 Å². The topological polar surface area (TPSA) is 125 Å². The molecule has 0 aromatic heterocycles. The van der Waals surface area contributed by atoms with Gasteiger partial charge in [0.05, 0.1) is 0 Å². The van der Waals surface area contributed by atoms with Crippen LogP contribution in [0.1, 0.15) is 39.4 Å². The van der Waals surface area contributed by atoms with Crippen molar-refractivity contribution in [2.75, 3.05) is 18.5 Å². The standard InChI is InChI=1S/C27H26N2O6/c1-16-17(25(31)28-14-13-24(30)26(32)33)11-6-12-23(16)29-27(34)35-15-22-20-9-4-2-7-18(20)19-8-3-5-10-21(19)22/h2-12,22,24,30H,13-15H2,1H3,(H,28,31)(H,29,34)(H,32,33)/t24-/m0/s1. The zero-order chi connectivity index (χ0) is 24.9. The molecule has 0 spiro atoms. The summed E-state index contributed by atoms with van der Waals surface area (Å²) in [5.74, 6) is -1.84. The van der Waals surface area contributed by atoms with Crippen molar-refractivity contribution in [3.63, 3.8) is 0 Å². The number of aliphatic hydroxyl groups is 1. The normalized spacial score (nSPS) is 12.9. The molecule has 2 amide bonds. The maximum atomic E-state index is 12.6. The van der Waals surface area contributed by atoms with Gasteiger partial charge in [0.2, 0.25) is 0 Å². The quantitative estimate of drug-likeness (QED) is 0.392. The Hall–Kier alpha value is -4.17. The van der Waals surface area contributed by atoms with Crippen LogP contribution in [0.25, 0.3) is 11.1 Å². The van der Waals surface area contributed by atoms with Crippen LogP contribution in [0.4, 0.5) is 10.5 Å². The molecule has 0 bridgehead atoms. The number of nitrogens with one attached hydrogen (secondary N) is 2. The highest BCUT2D eigenvalue weighted by Crippen LogP contribution is 2.44. The summed E-state index contributed by atoms with van der Waals surface area (Å²) in [4.78, 5) is 35.8. The SMILES string of the molecule is Cc1c(NC(=O)OCC2c3ccccc3-c3ccccc32)cccc1C(=O)NCC[C@H](O)C(=O)O. The molecule has 1 aliphatic rings. The van der Waals surface area contributed by atoms with Crippen LogP contribution in [-0.4, -0.2) is 47.4 Å². The number of hydrogen-bond donors (Lipinski definition) is 4. The predicted molar refractivity (Wildman–Crippen MR) is 130 cm³/mol. The molecule has 3 aromatic rings. The van der Waals surface area contributed by atoms with Crippen molar-refractivity contribution in [2.45, 2.75) is 25.4 Å². The van der Waals surface area contributed by atoms with Crippen LogP contribution >= 0.6 is 0 Å². The van der Waals surface area contributed by atoms with Gasteiger partial charge in [-0.25, -0.2) is 9.59 Å². The second kappa shape index (κ2) is 10.4. The Morgan fingerprint density at radius 1 is 0.943 bits per heavy atom. The van der Waals surface area contributed by atoms with Gasteiger partial charge in [-0.1, -0.05) is 54.6 Å². The van der Waals surface area contributed by atoms with Gasteiger partial charge in [0, 0.05) is 30.1 Å². The Bertz CT molecular complexity index is 1230. The fraction of sp³-hybridized carbons (Fsp3) is 0.222. The highest BCUT2D eigenvalue weighted by Gasteiger charge is 2.29. The van der Waals surface area contributed by atoms with Crippen molar-refractivity contribution in [2.24, 2.45) is 0 Å². The molecule has 1 atom stereocenters. The summed E-state index contributed by atoms with van der Waals surface area (Å²) in [6, 6.07) is 21.0. The molecule has 3 aromatic carbocycles. The molecule has 0 unspecified atom stereocenters. The maximum absolute atomic E-state index is 12.6. The minimum Gasteiger partial charge on any atom is -0.479 e. The molecular formula is C27H26N2O6. The van der Waals surface area contributed by atoms with Crippen LogP contribution in [0.5, 0.6) is 0 Å². The van der Waals surface area contributed by atoms with Gasteiger partial charge in [-0.15, -0.1) is 0 Å². The molecule has 1 aliphatic carbocycles. The summed E-state index contributed by atoms with van der Waals surface area (Å²) in [5.41, 5.74) is 5.81. The summed E-state index contributed by atoms with van der Waals surface area (Å²) in [6.45, 7) is 1.86. The Labute approximate surface area is 202 Å². The van der Waals surface area contributed by atoms with Crippen molar-refractivity contribution >= 4 is 23.7 Å². The van der Waals surface area contributed by atoms with Crippen molar-refractivity contribution in [3.8, 4) is 11.1 Å². The molecule has 0 saturated heterocycles. The summed E-state index contributed by atoms with van der Waals surface area (Å²) >= 11 is 0. The lowest BCUT2D eigenvalue weighted by Gasteiger charge is -2.16. The van der Waals surface area contributed by atoms with Crippen molar-refractivity contribution in [1.82, 2.24) is 5.32 Å². The third-order valence-corrected chi connectivity index (χ3v) is 6.15. The molecule has 0 aliphatic heterocycles. The first-order chi connectivity index (χ1) is 16.9. The van der Waals surface area contributed by atoms with Crippen LogP contribution in [0.3, 0.4) is 0 Å². The summed E-state index contributed by atoms with van der Waals surface area (Å²) in [6.07, 6.45) is -2.28. The number of carbonyl (C=O) groups is 3. The van der Waals surface area contributed by atoms with Crippen LogP contribution in [-0.2, 0) is 9.53 Å². The van der Waals surface area contributed by atoms with E-state index in [0.29, 0.717) is 16.8 Å². The van der Waals surface area contributed by atoms with Crippen LogP contribution in [0, 0.1) is 6.92 Å². The summed E-state index contributed by atoms with van der Waals surface area (Å²) in [5, 5.41) is 23.3. The zero-order valence-corrected chi connectivity index (χ0v) is 19.2. The Balaban J connectivity index is 1.39. The van der Waals surface area contributed by atoms with Gasteiger partial charge < -0.3 is 20.3 Å². The molecule has 4 rings (SSSR count). The molecular weight excluding hydrogens is 448 g/mol. The molecule has 0 heterocycles. The second-order valence-corrected chi connectivity index (χ2v) is 8.33. The van der Waals surface area contributed by atoms with E-state index in [1.807, 2.05) is 36.4 Å². The van der Waals surface area contributed by atoms with Gasteiger partial charge in [-0.3, -0.25) is 10.1 Å². The van der Waals surface area contributed by atoms with E-state index in [9.17, 15) is 19.5 Å². The highest BCUT2D eigenvalue weighted by molar-refractivity contribution is 5.98. The van der Waals surface area contributed by atoms with E-state index in [1.165, 1.54) is 0 Å². The fourth-order valence-electron chi connectivity index (χ4n) is 4.30. The van der Waals surface area contributed by atoms with Crippen molar-refractivity contribution in [3.05, 3.63) is 89.0 Å². The number of fused-ring (bicyclic) bond motifs is 3. The minimum absolute atomic E-state index is 0.00419. The number of ether oxygens (including phenoxy) is 1. The van der Waals surface area contributed by atoms with Gasteiger partial charge in [0.1, 0.15) is 6.61 Å². The number of aliphatic carboxylic acids is 1. The summed E-state index contributed by atoms with van der Waals surface area (Å²) in [7, 11) is 0. The smallest absolute Gasteiger partial charge is 0.411 e. The van der Waals surface area contributed by atoms with E-state index in [-0.39, 0.29) is 25.5 Å².